The van der Waals surface area contributed by atoms with Crippen LogP contribution in [0.5, 0.6) is 17.2 Å². The third-order valence-corrected chi connectivity index (χ3v) is 6.06. The van der Waals surface area contributed by atoms with Gasteiger partial charge >= 0.3 is 0 Å². The van der Waals surface area contributed by atoms with Crippen LogP contribution in [-0.2, 0) is 0 Å². The molecule has 0 aliphatic carbocycles. The molecule has 0 aliphatic rings. The Bertz CT molecular complexity index is 1790. The van der Waals surface area contributed by atoms with E-state index in [1.165, 1.54) is 60.5 Å². The maximum absolute atomic E-state index is 15.0. The summed E-state index contributed by atoms with van der Waals surface area (Å²) < 4.78 is 40.6. The SMILES string of the molecule is COc1cnc2c(Oc3ccc(NC(=O)c4c(C)cc(C)n(-c5ccc(F)cc5)c4=O)cc3F)ccnc2c1. The third kappa shape index (κ3) is 5.04. The molecule has 10 heteroatoms. The smallest absolute Gasteiger partial charge is 0.268 e. The Morgan fingerprint density at radius 2 is 1.72 bits per heavy atom. The maximum atomic E-state index is 15.0. The Labute approximate surface area is 221 Å². The lowest BCUT2D eigenvalue weighted by Gasteiger charge is -2.15. The summed E-state index contributed by atoms with van der Waals surface area (Å²) in [7, 11) is 1.51. The van der Waals surface area contributed by atoms with Gasteiger partial charge in [-0.25, -0.2) is 13.8 Å². The summed E-state index contributed by atoms with van der Waals surface area (Å²) in [6, 6.07) is 14.2. The van der Waals surface area contributed by atoms with E-state index in [0.29, 0.717) is 33.7 Å². The number of pyridine rings is 3. The first kappa shape index (κ1) is 25.5. The molecule has 0 bridgehead atoms. The monoisotopic (exact) mass is 528 g/mol. The van der Waals surface area contributed by atoms with Crippen molar-refractivity contribution in [2.45, 2.75) is 13.8 Å². The predicted octanol–water partition coefficient (Wildman–Crippen LogP) is 5.73. The highest BCUT2D eigenvalue weighted by Gasteiger charge is 2.20. The molecule has 1 amide bonds. The Kier molecular flexibility index (Phi) is 6.76. The van der Waals surface area contributed by atoms with E-state index in [9.17, 15) is 14.0 Å². The minimum atomic E-state index is -0.740. The molecule has 0 aliphatic heterocycles. The average molecular weight is 529 g/mol. The molecule has 3 heterocycles. The summed E-state index contributed by atoms with van der Waals surface area (Å²) in [5, 5.41) is 2.58. The Morgan fingerprint density at radius 1 is 0.949 bits per heavy atom. The van der Waals surface area contributed by atoms with Crippen LogP contribution in [0.25, 0.3) is 16.7 Å². The molecular formula is C29H22F2N4O4. The molecule has 0 saturated heterocycles. The minimum Gasteiger partial charge on any atom is -0.495 e. The highest BCUT2D eigenvalue weighted by atomic mass is 19.1. The fraction of sp³-hybridized carbons (Fsp3) is 0.103. The van der Waals surface area contributed by atoms with Crippen molar-refractivity contribution in [3.63, 3.8) is 0 Å². The molecule has 5 rings (SSSR count). The van der Waals surface area contributed by atoms with Crippen molar-refractivity contribution in [2.75, 3.05) is 12.4 Å². The van der Waals surface area contributed by atoms with Crippen molar-refractivity contribution < 1.29 is 23.0 Å². The van der Waals surface area contributed by atoms with Gasteiger partial charge in [-0.1, -0.05) is 0 Å². The first-order chi connectivity index (χ1) is 18.7. The van der Waals surface area contributed by atoms with Gasteiger partial charge in [0, 0.05) is 41.5 Å². The number of ether oxygens (including phenoxy) is 2. The van der Waals surface area contributed by atoms with Crippen molar-refractivity contribution >= 4 is 22.6 Å². The number of amides is 1. The Morgan fingerprint density at radius 3 is 2.44 bits per heavy atom. The zero-order valence-corrected chi connectivity index (χ0v) is 21.2. The van der Waals surface area contributed by atoms with E-state index in [1.807, 2.05) is 0 Å². The molecule has 0 radical (unpaired) electrons. The lowest BCUT2D eigenvalue weighted by molar-refractivity contribution is 0.102. The van der Waals surface area contributed by atoms with E-state index >= 15 is 4.39 Å². The van der Waals surface area contributed by atoms with Gasteiger partial charge < -0.3 is 14.8 Å². The number of fused-ring (bicyclic) bond motifs is 1. The van der Waals surface area contributed by atoms with Crippen molar-refractivity contribution in [3.05, 3.63) is 112 Å². The van der Waals surface area contributed by atoms with E-state index in [2.05, 4.69) is 15.3 Å². The number of nitrogens with one attached hydrogen (secondary N) is 1. The molecule has 0 saturated carbocycles. The van der Waals surface area contributed by atoms with Crippen LogP contribution in [0, 0.1) is 25.5 Å². The average Bonchev–Trinajstić information content (AvgIpc) is 2.90. The fourth-order valence-corrected chi connectivity index (χ4v) is 4.23. The van der Waals surface area contributed by atoms with E-state index in [-0.39, 0.29) is 22.7 Å². The molecule has 39 heavy (non-hydrogen) atoms. The highest BCUT2D eigenvalue weighted by molar-refractivity contribution is 6.05. The molecule has 1 N–H and O–H groups in total. The van der Waals surface area contributed by atoms with Crippen LogP contribution in [0.1, 0.15) is 21.6 Å². The second-order valence-corrected chi connectivity index (χ2v) is 8.71. The van der Waals surface area contributed by atoms with Crippen molar-refractivity contribution in [1.82, 2.24) is 14.5 Å². The number of benzene rings is 2. The summed E-state index contributed by atoms with van der Waals surface area (Å²) in [6.45, 7) is 3.35. The quantitative estimate of drug-likeness (QED) is 0.303. The molecule has 0 unspecified atom stereocenters. The molecule has 2 aromatic carbocycles. The number of hydrogen-bond donors (Lipinski definition) is 1. The summed E-state index contributed by atoms with van der Waals surface area (Å²) >= 11 is 0. The molecule has 0 spiro atoms. The number of halogens is 2. The first-order valence-corrected chi connectivity index (χ1v) is 11.8. The van der Waals surface area contributed by atoms with E-state index in [0.717, 1.165) is 6.07 Å². The molecule has 196 valence electrons. The predicted molar refractivity (Wildman–Crippen MR) is 142 cm³/mol. The minimum absolute atomic E-state index is 0.0942. The third-order valence-electron chi connectivity index (χ3n) is 6.06. The van der Waals surface area contributed by atoms with Gasteiger partial charge in [0.2, 0.25) is 0 Å². The van der Waals surface area contributed by atoms with Gasteiger partial charge in [-0.15, -0.1) is 0 Å². The Balaban J connectivity index is 1.41. The van der Waals surface area contributed by atoms with E-state index in [1.54, 1.807) is 32.0 Å². The number of carbonyl (C=O) groups is 1. The standard InChI is InChI=1S/C29H22F2N4O4/c1-16-12-17(2)35(20-7-4-18(30)5-8-20)29(37)26(16)28(36)34-19-6-9-24(22(31)13-19)39-25-10-11-32-23-14-21(38-3)15-33-27(23)25/h4-15H,1-3H3,(H,34,36). The van der Waals surface area contributed by atoms with Crippen LogP contribution in [-0.4, -0.2) is 27.6 Å². The lowest BCUT2D eigenvalue weighted by atomic mass is 10.1. The molecule has 0 fully saturated rings. The second-order valence-electron chi connectivity index (χ2n) is 8.71. The van der Waals surface area contributed by atoms with Crippen LogP contribution >= 0.6 is 0 Å². The summed E-state index contributed by atoms with van der Waals surface area (Å²) in [5.74, 6) is -1.18. The van der Waals surface area contributed by atoms with Crippen LogP contribution in [0.15, 0.2) is 77.9 Å². The van der Waals surface area contributed by atoms with Crippen molar-refractivity contribution in [1.29, 1.82) is 0 Å². The van der Waals surface area contributed by atoms with Gasteiger partial charge in [0.25, 0.3) is 11.5 Å². The second kappa shape index (κ2) is 10.3. The highest BCUT2D eigenvalue weighted by Crippen LogP contribution is 2.31. The zero-order chi connectivity index (χ0) is 27.7. The number of aryl methyl sites for hydroxylation is 2. The number of anilines is 1. The number of aromatic nitrogens is 3. The fourth-order valence-electron chi connectivity index (χ4n) is 4.23. The molecule has 3 aromatic heterocycles. The van der Waals surface area contributed by atoms with Crippen LogP contribution in [0.3, 0.4) is 0 Å². The number of carbonyl (C=O) groups excluding carboxylic acids is 1. The zero-order valence-electron chi connectivity index (χ0n) is 21.2. The van der Waals surface area contributed by atoms with Gasteiger partial charge in [-0.2, -0.15) is 0 Å². The van der Waals surface area contributed by atoms with Crippen LogP contribution in [0.4, 0.5) is 14.5 Å². The van der Waals surface area contributed by atoms with Crippen LogP contribution < -0.4 is 20.3 Å². The van der Waals surface area contributed by atoms with E-state index < -0.39 is 23.1 Å². The Hall–Kier alpha value is -5.12. The number of methoxy groups -OCH3 is 1. The molecule has 5 aromatic rings. The van der Waals surface area contributed by atoms with Crippen molar-refractivity contribution in [3.8, 4) is 22.9 Å². The van der Waals surface area contributed by atoms with E-state index in [4.69, 9.17) is 9.47 Å². The topological polar surface area (TPSA) is 95.3 Å². The molecule has 0 atom stereocenters. The van der Waals surface area contributed by atoms with Gasteiger partial charge in [0.05, 0.1) is 18.8 Å². The lowest BCUT2D eigenvalue weighted by Crippen LogP contribution is -2.31. The van der Waals surface area contributed by atoms with Crippen molar-refractivity contribution in [2.24, 2.45) is 0 Å². The normalized spacial score (nSPS) is 10.9. The summed E-state index contributed by atoms with van der Waals surface area (Å²) in [4.78, 5) is 34.9. The number of nitrogens with zero attached hydrogens (tertiary/aromatic N) is 3. The van der Waals surface area contributed by atoms with Gasteiger partial charge in [-0.3, -0.25) is 19.1 Å². The maximum Gasteiger partial charge on any atom is 0.268 e. The van der Waals surface area contributed by atoms with Gasteiger partial charge in [0.15, 0.2) is 17.3 Å². The largest absolute Gasteiger partial charge is 0.495 e. The number of hydrogen-bond acceptors (Lipinski definition) is 6. The number of rotatable bonds is 6. The van der Waals surface area contributed by atoms with Gasteiger partial charge in [0.1, 0.15) is 22.6 Å². The molecule has 8 nitrogen and oxygen atoms in total. The molecular weight excluding hydrogens is 506 g/mol. The van der Waals surface area contributed by atoms with Gasteiger partial charge in [-0.05, 0) is 61.9 Å². The first-order valence-electron chi connectivity index (χ1n) is 11.8. The summed E-state index contributed by atoms with van der Waals surface area (Å²) in [5.41, 5.74) is 1.80. The van der Waals surface area contributed by atoms with Crippen LogP contribution in [0.2, 0.25) is 0 Å². The summed E-state index contributed by atoms with van der Waals surface area (Å²) in [6.07, 6.45) is 3.01.